The maximum absolute atomic E-state index is 4.46. The van der Waals surface area contributed by atoms with E-state index in [0.29, 0.717) is 6.04 Å². The van der Waals surface area contributed by atoms with Crippen LogP contribution in [0, 0.1) is 0 Å². The molecule has 3 nitrogen and oxygen atoms in total. The van der Waals surface area contributed by atoms with Gasteiger partial charge in [0, 0.05) is 19.0 Å². The van der Waals surface area contributed by atoms with E-state index < -0.39 is 0 Å². The highest BCUT2D eigenvalue weighted by Crippen LogP contribution is 2.12. The predicted octanol–water partition coefficient (Wildman–Crippen LogP) is 3.38. The molecule has 1 aromatic rings. The topological polar surface area (TPSA) is 37.3 Å². The van der Waals surface area contributed by atoms with Gasteiger partial charge < -0.3 is 5.32 Å². The molecular formula is C17H21N3. The van der Waals surface area contributed by atoms with Crippen LogP contribution < -0.4 is 5.32 Å². The molecule has 0 bridgehead atoms. The third-order valence-corrected chi connectivity index (χ3v) is 3.22. The fourth-order valence-corrected chi connectivity index (χ4v) is 1.94. The summed E-state index contributed by atoms with van der Waals surface area (Å²) in [4.78, 5) is 8.88. The van der Waals surface area contributed by atoms with E-state index in [9.17, 15) is 0 Å². The second-order valence-electron chi connectivity index (χ2n) is 4.80. The lowest BCUT2D eigenvalue weighted by Gasteiger charge is -2.16. The smallest absolute Gasteiger partial charge is 0.0861 e. The largest absolute Gasteiger partial charge is 0.381 e. The lowest BCUT2D eigenvalue weighted by atomic mass is 10.1. The van der Waals surface area contributed by atoms with Gasteiger partial charge in [-0.15, -0.1) is 0 Å². The van der Waals surface area contributed by atoms with Gasteiger partial charge in [-0.05, 0) is 44.6 Å². The molecule has 0 amide bonds. The van der Waals surface area contributed by atoms with E-state index in [2.05, 4.69) is 40.4 Å². The zero-order valence-electron chi connectivity index (χ0n) is 12.1. The fraction of sp³-hybridized carbons (Fsp3) is 0.294. The molecule has 0 aromatic carbocycles. The highest BCUT2D eigenvalue weighted by molar-refractivity contribution is 5.72. The van der Waals surface area contributed by atoms with Crippen molar-refractivity contribution in [3.05, 3.63) is 60.0 Å². The van der Waals surface area contributed by atoms with Gasteiger partial charge in [0.25, 0.3) is 0 Å². The van der Waals surface area contributed by atoms with E-state index in [1.165, 1.54) is 5.57 Å². The van der Waals surface area contributed by atoms with Crippen LogP contribution in [0.2, 0.25) is 0 Å². The Morgan fingerprint density at radius 2 is 2.35 bits per heavy atom. The van der Waals surface area contributed by atoms with Crippen LogP contribution in [0.5, 0.6) is 0 Å². The summed E-state index contributed by atoms with van der Waals surface area (Å²) in [7, 11) is 0. The van der Waals surface area contributed by atoms with Crippen LogP contribution >= 0.6 is 0 Å². The van der Waals surface area contributed by atoms with Crippen molar-refractivity contribution < 1.29 is 0 Å². The number of nitrogens with one attached hydrogen (secondary N) is 1. The third-order valence-electron chi connectivity index (χ3n) is 3.22. The quantitative estimate of drug-likeness (QED) is 0.830. The van der Waals surface area contributed by atoms with E-state index in [-0.39, 0.29) is 0 Å². The van der Waals surface area contributed by atoms with E-state index in [0.717, 1.165) is 24.4 Å². The Bertz CT molecular complexity index is 539. The van der Waals surface area contributed by atoms with Crippen molar-refractivity contribution in [1.29, 1.82) is 0 Å². The first kappa shape index (κ1) is 14.3. The van der Waals surface area contributed by atoms with Gasteiger partial charge in [-0.2, -0.15) is 0 Å². The van der Waals surface area contributed by atoms with E-state index in [1.54, 1.807) is 0 Å². The average Bonchev–Trinajstić information content (AvgIpc) is 2.53. The summed E-state index contributed by atoms with van der Waals surface area (Å²) in [5.74, 6) is 0. The van der Waals surface area contributed by atoms with Gasteiger partial charge in [-0.1, -0.05) is 23.8 Å². The minimum absolute atomic E-state index is 0.304. The van der Waals surface area contributed by atoms with Crippen LogP contribution in [0.3, 0.4) is 0 Å². The molecule has 1 aliphatic rings. The Balaban J connectivity index is 2.09. The van der Waals surface area contributed by atoms with Crippen LogP contribution in [-0.4, -0.2) is 23.8 Å². The molecule has 1 unspecified atom stereocenters. The van der Waals surface area contributed by atoms with Gasteiger partial charge in [0.1, 0.15) is 0 Å². The first-order valence-electron chi connectivity index (χ1n) is 6.98. The number of nitrogens with zero attached hydrogens (tertiary/aromatic N) is 2. The van der Waals surface area contributed by atoms with Crippen LogP contribution in [0.4, 0.5) is 0 Å². The summed E-state index contributed by atoms with van der Waals surface area (Å²) in [6.45, 7) is 4.95. The second-order valence-corrected chi connectivity index (χ2v) is 4.80. The highest BCUT2D eigenvalue weighted by atomic mass is 15.0. The summed E-state index contributed by atoms with van der Waals surface area (Å²) in [6.07, 6.45) is 13.0. The number of allylic oxidation sites excluding steroid dienone is 4. The zero-order chi connectivity index (χ0) is 14.2. The summed E-state index contributed by atoms with van der Waals surface area (Å²) in [6, 6.07) is 6.26. The number of hydrogen-bond donors (Lipinski definition) is 1. The SMILES string of the molecule is C/C=C(C)\C=C(/NCC1CC=CC=N1)c1ccccn1. The molecule has 0 saturated carbocycles. The van der Waals surface area contributed by atoms with Crippen LogP contribution in [0.15, 0.2) is 59.3 Å². The Kier molecular flexibility index (Phi) is 5.30. The van der Waals surface area contributed by atoms with Crippen molar-refractivity contribution in [1.82, 2.24) is 10.3 Å². The van der Waals surface area contributed by atoms with Crippen molar-refractivity contribution >= 4 is 11.9 Å². The van der Waals surface area contributed by atoms with Gasteiger partial charge in [0.15, 0.2) is 0 Å². The third kappa shape index (κ3) is 4.19. The molecule has 104 valence electrons. The molecule has 1 aromatic heterocycles. The summed E-state index contributed by atoms with van der Waals surface area (Å²) in [5, 5.41) is 3.48. The van der Waals surface area contributed by atoms with Crippen molar-refractivity contribution in [3.8, 4) is 0 Å². The number of rotatable bonds is 5. The monoisotopic (exact) mass is 267 g/mol. The van der Waals surface area contributed by atoms with Crippen molar-refractivity contribution in [2.75, 3.05) is 6.54 Å². The number of dihydropyridines is 1. The number of aromatic nitrogens is 1. The second kappa shape index (κ2) is 7.43. The van der Waals surface area contributed by atoms with Gasteiger partial charge in [-0.25, -0.2) is 0 Å². The first-order valence-corrected chi connectivity index (χ1v) is 6.98. The standard InChI is InChI=1S/C17H21N3/c1-3-14(2)12-17(16-9-5-7-11-19-16)20-13-15-8-4-6-10-18-15/h3-7,9-12,15,20H,8,13H2,1-2H3/b14-3-,17-12-. The molecule has 1 atom stereocenters. The Labute approximate surface area is 120 Å². The van der Waals surface area contributed by atoms with Gasteiger partial charge in [0.05, 0.1) is 17.4 Å². The normalized spacial score (nSPS) is 19.2. The Morgan fingerprint density at radius 3 is 3.00 bits per heavy atom. The molecule has 0 spiro atoms. The molecule has 3 heteroatoms. The molecule has 20 heavy (non-hydrogen) atoms. The van der Waals surface area contributed by atoms with Crippen LogP contribution in [0.25, 0.3) is 5.70 Å². The minimum Gasteiger partial charge on any atom is -0.381 e. The van der Waals surface area contributed by atoms with E-state index in [4.69, 9.17) is 0 Å². The Hall–Kier alpha value is -2.16. The lowest BCUT2D eigenvalue weighted by Crippen LogP contribution is -2.25. The first-order chi connectivity index (χ1) is 9.79. The fourth-order valence-electron chi connectivity index (χ4n) is 1.94. The minimum atomic E-state index is 0.304. The van der Waals surface area contributed by atoms with Gasteiger partial charge in [0.2, 0.25) is 0 Å². The molecular weight excluding hydrogens is 246 g/mol. The highest BCUT2D eigenvalue weighted by Gasteiger charge is 2.08. The zero-order valence-corrected chi connectivity index (χ0v) is 12.1. The molecule has 1 aliphatic heterocycles. The summed E-state index contributed by atoms with van der Waals surface area (Å²) >= 11 is 0. The molecule has 1 N–H and O–H groups in total. The number of pyridine rings is 1. The van der Waals surface area contributed by atoms with Gasteiger partial charge in [-0.3, -0.25) is 9.98 Å². The lowest BCUT2D eigenvalue weighted by molar-refractivity contribution is 0.648. The van der Waals surface area contributed by atoms with E-state index >= 15 is 0 Å². The van der Waals surface area contributed by atoms with E-state index in [1.807, 2.05) is 43.6 Å². The molecule has 0 aliphatic carbocycles. The van der Waals surface area contributed by atoms with Crippen molar-refractivity contribution in [2.45, 2.75) is 26.3 Å². The Morgan fingerprint density at radius 1 is 1.45 bits per heavy atom. The number of aliphatic imine (C=N–C) groups is 1. The van der Waals surface area contributed by atoms with Crippen LogP contribution in [0.1, 0.15) is 26.0 Å². The summed E-state index contributed by atoms with van der Waals surface area (Å²) in [5.41, 5.74) is 3.22. The van der Waals surface area contributed by atoms with Crippen molar-refractivity contribution in [2.24, 2.45) is 4.99 Å². The average molecular weight is 267 g/mol. The number of hydrogen-bond acceptors (Lipinski definition) is 3. The van der Waals surface area contributed by atoms with Crippen LogP contribution in [-0.2, 0) is 0 Å². The molecule has 0 radical (unpaired) electrons. The molecule has 0 fully saturated rings. The van der Waals surface area contributed by atoms with Gasteiger partial charge >= 0.3 is 0 Å². The molecule has 0 saturated heterocycles. The summed E-state index contributed by atoms with van der Waals surface area (Å²) < 4.78 is 0. The maximum Gasteiger partial charge on any atom is 0.0861 e. The molecule has 2 heterocycles. The predicted molar refractivity (Wildman–Crippen MR) is 85.7 cm³/mol. The van der Waals surface area contributed by atoms with Crippen molar-refractivity contribution in [3.63, 3.8) is 0 Å². The maximum atomic E-state index is 4.46. The molecule has 2 rings (SSSR count).